The van der Waals surface area contributed by atoms with Crippen LogP contribution in [0.25, 0.3) is 11.1 Å². The molecule has 0 radical (unpaired) electrons. The molecular formula is C27H30FNO4S2. The Morgan fingerprint density at radius 3 is 2.20 bits per heavy atom. The molecule has 1 heterocycles. The molecule has 186 valence electrons. The van der Waals surface area contributed by atoms with Gasteiger partial charge in [0.1, 0.15) is 11.2 Å². The number of nitrogens with zero attached hydrogens (tertiary/aromatic N) is 1. The third kappa shape index (κ3) is 7.01. The minimum absolute atomic E-state index is 0.128. The predicted molar refractivity (Wildman–Crippen MR) is 139 cm³/mol. The first-order valence-electron chi connectivity index (χ1n) is 11.4. The van der Waals surface area contributed by atoms with Crippen LogP contribution in [0.1, 0.15) is 31.7 Å². The first-order valence-corrected chi connectivity index (χ1v) is 13.9. The van der Waals surface area contributed by atoms with E-state index in [4.69, 9.17) is 5.11 Å². The van der Waals surface area contributed by atoms with Crippen molar-refractivity contribution in [3.8, 4) is 11.1 Å². The van der Waals surface area contributed by atoms with Gasteiger partial charge in [-0.3, -0.25) is 4.79 Å². The van der Waals surface area contributed by atoms with E-state index < -0.39 is 15.4 Å². The van der Waals surface area contributed by atoms with Crippen molar-refractivity contribution < 1.29 is 22.7 Å². The second-order valence-electron chi connectivity index (χ2n) is 8.30. The third-order valence-electron chi connectivity index (χ3n) is 5.77. The molecule has 1 aliphatic rings. The van der Waals surface area contributed by atoms with Crippen LogP contribution in [0.3, 0.4) is 0 Å². The van der Waals surface area contributed by atoms with Gasteiger partial charge >= 0.3 is 0 Å². The van der Waals surface area contributed by atoms with Crippen LogP contribution >= 0.6 is 11.8 Å². The molecule has 0 bridgehead atoms. The number of hydrogen-bond acceptors (Lipinski definition) is 5. The van der Waals surface area contributed by atoms with Gasteiger partial charge in [0.2, 0.25) is 10.0 Å². The van der Waals surface area contributed by atoms with E-state index in [1.54, 1.807) is 36.4 Å². The molecular weight excluding hydrogens is 485 g/mol. The minimum atomic E-state index is -3.64. The van der Waals surface area contributed by atoms with E-state index in [0.29, 0.717) is 18.2 Å². The van der Waals surface area contributed by atoms with Gasteiger partial charge in [-0.25, -0.2) is 12.8 Å². The quantitative estimate of drug-likeness (QED) is 0.461. The van der Waals surface area contributed by atoms with Crippen LogP contribution in [0.5, 0.6) is 0 Å². The Morgan fingerprint density at radius 2 is 1.63 bits per heavy atom. The Hall–Kier alpha value is -2.52. The molecule has 1 fully saturated rings. The minimum Gasteiger partial charge on any atom is -0.396 e. The SMILES string of the molecule is CC(=O)[C@@H]1SCCN1S(=O)(=O)c1ccc(-c2ccccc2)cc1.C[C@@H](CCO)c1ccc(F)cc1. The molecule has 3 aromatic carbocycles. The van der Waals surface area contributed by atoms with Gasteiger partial charge < -0.3 is 5.11 Å². The Bertz CT molecular complexity index is 1200. The summed E-state index contributed by atoms with van der Waals surface area (Å²) >= 11 is 1.38. The Morgan fingerprint density at radius 1 is 1.03 bits per heavy atom. The number of Topliss-reactive ketones (excluding diaryl/α,β-unsaturated/α-hetero) is 1. The molecule has 8 heteroatoms. The van der Waals surface area contributed by atoms with Crippen molar-refractivity contribution in [1.29, 1.82) is 0 Å². The van der Waals surface area contributed by atoms with Crippen molar-refractivity contribution in [3.63, 3.8) is 0 Å². The van der Waals surface area contributed by atoms with Crippen LogP contribution in [0.4, 0.5) is 4.39 Å². The molecule has 2 atom stereocenters. The van der Waals surface area contributed by atoms with Crippen molar-refractivity contribution in [2.24, 2.45) is 0 Å². The number of carbonyl (C=O) groups excluding carboxylic acids is 1. The Kier molecular flexibility index (Phi) is 9.63. The second kappa shape index (κ2) is 12.4. The lowest BCUT2D eigenvalue weighted by Gasteiger charge is -2.21. The van der Waals surface area contributed by atoms with E-state index in [2.05, 4.69) is 0 Å². The Labute approximate surface area is 211 Å². The van der Waals surface area contributed by atoms with E-state index in [1.165, 1.54) is 35.1 Å². The lowest BCUT2D eigenvalue weighted by molar-refractivity contribution is -0.118. The highest BCUT2D eigenvalue weighted by atomic mass is 32.2. The zero-order valence-corrected chi connectivity index (χ0v) is 21.4. The van der Waals surface area contributed by atoms with Gasteiger partial charge in [0.05, 0.1) is 4.90 Å². The lowest BCUT2D eigenvalue weighted by atomic mass is 9.98. The van der Waals surface area contributed by atoms with Crippen LogP contribution in [0.2, 0.25) is 0 Å². The van der Waals surface area contributed by atoms with Crippen LogP contribution in [-0.4, -0.2) is 47.9 Å². The molecule has 1 saturated heterocycles. The summed E-state index contributed by atoms with van der Waals surface area (Å²) in [6.07, 6.45) is 0.728. The number of sulfonamides is 1. The Balaban J connectivity index is 0.000000241. The second-order valence-corrected chi connectivity index (χ2v) is 11.4. The first kappa shape index (κ1) is 27.1. The van der Waals surface area contributed by atoms with Crippen molar-refractivity contribution in [2.75, 3.05) is 18.9 Å². The summed E-state index contributed by atoms with van der Waals surface area (Å²) in [5, 5.41) is 8.08. The normalized spacial score (nSPS) is 16.9. The molecule has 0 unspecified atom stereocenters. The number of thioether (sulfide) groups is 1. The number of hydrogen-bond donors (Lipinski definition) is 1. The van der Waals surface area contributed by atoms with Gasteiger partial charge in [-0.15, -0.1) is 11.8 Å². The highest BCUT2D eigenvalue weighted by molar-refractivity contribution is 8.02. The zero-order valence-electron chi connectivity index (χ0n) is 19.8. The van der Waals surface area contributed by atoms with Crippen LogP contribution in [0, 0.1) is 5.82 Å². The fraction of sp³-hybridized carbons (Fsp3) is 0.296. The fourth-order valence-corrected chi connectivity index (χ4v) is 6.91. The summed E-state index contributed by atoms with van der Waals surface area (Å²) in [6.45, 7) is 4.00. The summed E-state index contributed by atoms with van der Waals surface area (Å²) in [5.74, 6) is 0.605. The van der Waals surface area contributed by atoms with Crippen molar-refractivity contribution >= 4 is 27.6 Å². The molecule has 0 aromatic heterocycles. The molecule has 1 N–H and O–H groups in total. The maximum absolute atomic E-state index is 12.8. The smallest absolute Gasteiger partial charge is 0.244 e. The number of benzene rings is 3. The van der Waals surface area contributed by atoms with Gasteiger partial charge in [0.25, 0.3) is 0 Å². The molecule has 5 nitrogen and oxygen atoms in total. The van der Waals surface area contributed by atoms with E-state index >= 15 is 0 Å². The predicted octanol–water partition coefficient (Wildman–Crippen LogP) is 5.32. The first-order chi connectivity index (χ1) is 16.7. The standard InChI is InChI=1S/C17H17NO3S2.C10H13FO/c1-13(19)17-18(11-12-22-17)23(20,21)16-9-7-15(8-10-16)14-5-3-2-4-6-14;1-8(6-7-12)9-2-4-10(11)5-3-9/h2-10,17H,11-12H2,1H3;2-5,8,12H,6-7H2,1H3/t17-;8-/m00/s1. The van der Waals surface area contributed by atoms with E-state index in [9.17, 15) is 17.6 Å². The molecule has 0 aliphatic carbocycles. The molecule has 0 saturated carbocycles. The highest BCUT2D eigenvalue weighted by Crippen LogP contribution is 2.31. The molecule has 3 aromatic rings. The monoisotopic (exact) mass is 515 g/mol. The topological polar surface area (TPSA) is 74.7 Å². The van der Waals surface area contributed by atoms with E-state index in [0.717, 1.165) is 23.1 Å². The maximum Gasteiger partial charge on any atom is 0.244 e. The summed E-state index contributed by atoms with van der Waals surface area (Å²) in [5.41, 5.74) is 3.07. The van der Waals surface area contributed by atoms with E-state index in [-0.39, 0.29) is 23.1 Å². The molecule has 1 aliphatic heterocycles. The molecule has 0 spiro atoms. The zero-order chi connectivity index (χ0) is 25.4. The number of aliphatic hydroxyl groups is 1. The average Bonchev–Trinajstić information content (AvgIpc) is 3.37. The number of halogens is 1. The number of carbonyl (C=O) groups is 1. The highest BCUT2D eigenvalue weighted by Gasteiger charge is 2.38. The van der Waals surface area contributed by atoms with Crippen LogP contribution < -0.4 is 0 Å². The van der Waals surface area contributed by atoms with E-state index in [1.807, 2.05) is 37.3 Å². The van der Waals surface area contributed by atoms with Crippen molar-refractivity contribution in [2.45, 2.75) is 36.5 Å². The van der Waals surface area contributed by atoms with Gasteiger partial charge in [-0.1, -0.05) is 61.5 Å². The summed E-state index contributed by atoms with van der Waals surface area (Å²) in [4.78, 5) is 11.9. The van der Waals surface area contributed by atoms with Gasteiger partial charge in [0, 0.05) is 18.9 Å². The van der Waals surface area contributed by atoms with Crippen LogP contribution in [-0.2, 0) is 14.8 Å². The third-order valence-corrected chi connectivity index (χ3v) is 9.10. The van der Waals surface area contributed by atoms with Gasteiger partial charge in [-0.2, -0.15) is 4.31 Å². The van der Waals surface area contributed by atoms with Crippen molar-refractivity contribution in [1.82, 2.24) is 4.31 Å². The molecule has 35 heavy (non-hydrogen) atoms. The van der Waals surface area contributed by atoms with Crippen molar-refractivity contribution in [3.05, 3.63) is 90.2 Å². The number of rotatable bonds is 7. The lowest BCUT2D eigenvalue weighted by Crippen LogP contribution is -2.38. The number of aliphatic hydroxyl groups excluding tert-OH is 1. The summed E-state index contributed by atoms with van der Waals surface area (Å²) < 4.78 is 39.3. The maximum atomic E-state index is 12.8. The summed E-state index contributed by atoms with van der Waals surface area (Å²) in [7, 11) is -3.64. The largest absolute Gasteiger partial charge is 0.396 e. The van der Waals surface area contributed by atoms with Gasteiger partial charge in [-0.05, 0) is 60.2 Å². The van der Waals surface area contributed by atoms with Crippen LogP contribution in [0.15, 0.2) is 83.8 Å². The fourth-order valence-electron chi connectivity index (χ4n) is 3.76. The molecule has 0 amide bonds. The van der Waals surface area contributed by atoms with Gasteiger partial charge in [0.15, 0.2) is 5.78 Å². The summed E-state index contributed by atoms with van der Waals surface area (Å²) in [6, 6.07) is 23.0. The number of ketones is 1. The average molecular weight is 516 g/mol. The molecule has 4 rings (SSSR count).